The molecule has 0 saturated carbocycles. The van der Waals surface area contributed by atoms with Crippen LogP contribution >= 0.6 is 0 Å². The van der Waals surface area contributed by atoms with Crippen LogP contribution in [0.4, 0.5) is 0 Å². The van der Waals surface area contributed by atoms with Gasteiger partial charge >= 0.3 is 0 Å². The number of benzene rings is 1. The Bertz CT molecular complexity index is 890. The quantitative estimate of drug-likeness (QED) is 0.733. The number of H-pyrrole nitrogens is 1. The van der Waals surface area contributed by atoms with Gasteiger partial charge in [-0.2, -0.15) is 5.10 Å². The molecule has 1 fully saturated rings. The van der Waals surface area contributed by atoms with Crippen LogP contribution in [0.3, 0.4) is 0 Å². The number of aryl methyl sites for hydroxylation is 1. The normalized spacial score (nSPS) is 15.7. The van der Waals surface area contributed by atoms with E-state index in [0.29, 0.717) is 5.69 Å². The molecule has 0 spiro atoms. The highest BCUT2D eigenvalue weighted by molar-refractivity contribution is 5.93. The first-order valence-corrected chi connectivity index (χ1v) is 9.42. The Labute approximate surface area is 159 Å². The Morgan fingerprint density at radius 3 is 2.70 bits per heavy atom. The van der Waals surface area contributed by atoms with Crippen molar-refractivity contribution in [1.82, 2.24) is 25.0 Å². The largest absolute Gasteiger partial charge is 0.357 e. The van der Waals surface area contributed by atoms with Crippen LogP contribution in [0.2, 0.25) is 0 Å². The lowest BCUT2D eigenvalue weighted by Crippen LogP contribution is -2.44. The van der Waals surface area contributed by atoms with Crippen molar-refractivity contribution in [3.63, 3.8) is 0 Å². The zero-order valence-electron chi connectivity index (χ0n) is 15.6. The highest BCUT2D eigenvalue weighted by atomic mass is 16.2. The summed E-state index contributed by atoms with van der Waals surface area (Å²) in [7, 11) is 1.97. The fourth-order valence-corrected chi connectivity index (χ4v) is 3.58. The highest BCUT2D eigenvalue weighted by Crippen LogP contribution is 2.18. The van der Waals surface area contributed by atoms with Gasteiger partial charge in [-0.15, -0.1) is 0 Å². The van der Waals surface area contributed by atoms with Gasteiger partial charge in [0.25, 0.3) is 5.91 Å². The van der Waals surface area contributed by atoms with E-state index < -0.39 is 0 Å². The third kappa shape index (κ3) is 4.28. The number of likely N-dealkylation sites (tertiary alicyclic amines) is 1. The van der Waals surface area contributed by atoms with Gasteiger partial charge in [0, 0.05) is 50.7 Å². The van der Waals surface area contributed by atoms with Crippen molar-refractivity contribution in [2.45, 2.75) is 25.4 Å². The molecule has 2 N–H and O–H groups in total. The van der Waals surface area contributed by atoms with Gasteiger partial charge in [-0.3, -0.25) is 14.8 Å². The molecule has 6 nitrogen and oxygen atoms in total. The molecule has 27 heavy (non-hydrogen) atoms. The van der Waals surface area contributed by atoms with Gasteiger partial charge in [0.1, 0.15) is 5.69 Å². The van der Waals surface area contributed by atoms with Crippen LogP contribution in [0.15, 0.2) is 54.9 Å². The number of piperidine rings is 1. The van der Waals surface area contributed by atoms with E-state index in [1.165, 1.54) is 5.56 Å². The zero-order valence-corrected chi connectivity index (χ0v) is 15.6. The molecule has 0 radical (unpaired) electrons. The first-order valence-electron chi connectivity index (χ1n) is 9.42. The zero-order chi connectivity index (χ0) is 18.6. The molecule has 1 aliphatic heterocycles. The van der Waals surface area contributed by atoms with Crippen LogP contribution in [0.5, 0.6) is 0 Å². The van der Waals surface area contributed by atoms with Crippen molar-refractivity contribution < 1.29 is 4.79 Å². The SMILES string of the molecule is Cn1ccc(-c2cc(C(=O)NC3CCN(Cc4ccccc4)CC3)[nH]n2)c1. The van der Waals surface area contributed by atoms with Crippen molar-refractivity contribution in [3.05, 3.63) is 66.1 Å². The van der Waals surface area contributed by atoms with Crippen LogP contribution < -0.4 is 5.32 Å². The Morgan fingerprint density at radius 1 is 1.22 bits per heavy atom. The molecule has 1 saturated heterocycles. The summed E-state index contributed by atoms with van der Waals surface area (Å²) < 4.78 is 1.97. The standard InChI is InChI=1S/C21H25N5O/c1-25-10-7-17(15-25)19-13-20(24-23-19)21(27)22-18-8-11-26(12-9-18)14-16-5-3-2-4-6-16/h2-7,10,13,15,18H,8-9,11-12,14H2,1H3,(H,22,27)(H,23,24). The molecule has 3 heterocycles. The van der Waals surface area contributed by atoms with E-state index >= 15 is 0 Å². The minimum atomic E-state index is -0.0776. The molecule has 0 atom stereocenters. The summed E-state index contributed by atoms with van der Waals surface area (Å²) in [4.78, 5) is 15.0. The van der Waals surface area contributed by atoms with Crippen molar-refractivity contribution >= 4 is 5.91 Å². The molecule has 1 aliphatic rings. The molecule has 0 unspecified atom stereocenters. The second-order valence-electron chi connectivity index (χ2n) is 7.24. The van der Waals surface area contributed by atoms with E-state index in [2.05, 4.69) is 44.7 Å². The Morgan fingerprint density at radius 2 is 2.00 bits per heavy atom. The molecule has 140 valence electrons. The number of nitrogens with zero attached hydrogens (tertiary/aromatic N) is 3. The number of carbonyl (C=O) groups excluding carboxylic acids is 1. The molecule has 1 aromatic carbocycles. The van der Waals surface area contributed by atoms with Crippen molar-refractivity contribution in [2.24, 2.45) is 7.05 Å². The second-order valence-corrected chi connectivity index (χ2v) is 7.24. The van der Waals surface area contributed by atoms with Gasteiger partial charge in [0.05, 0.1) is 5.69 Å². The maximum atomic E-state index is 12.5. The summed E-state index contributed by atoms with van der Waals surface area (Å²) >= 11 is 0. The smallest absolute Gasteiger partial charge is 0.269 e. The monoisotopic (exact) mass is 363 g/mol. The minimum Gasteiger partial charge on any atom is -0.357 e. The molecular formula is C21H25N5O. The second kappa shape index (κ2) is 7.80. The van der Waals surface area contributed by atoms with Gasteiger partial charge in [-0.1, -0.05) is 30.3 Å². The van der Waals surface area contributed by atoms with Crippen molar-refractivity contribution in [2.75, 3.05) is 13.1 Å². The minimum absolute atomic E-state index is 0.0776. The van der Waals surface area contributed by atoms with Crippen LogP contribution in [-0.2, 0) is 13.6 Å². The maximum Gasteiger partial charge on any atom is 0.269 e. The molecule has 4 rings (SSSR count). The predicted octanol–water partition coefficient (Wildman–Crippen LogP) is 2.81. The summed E-state index contributed by atoms with van der Waals surface area (Å²) in [6.07, 6.45) is 5.89. The Hall–Kier alpha value is -2.86. The van der Waals surface area contributed by atoms with Crippen molar-refractivity contribution in [3.8, 4) is 11.3 Å². The number of aromatic amines is 1. The summed E-state index contributed by atoms with van der Waals surface area (Å²) in [5, 5.41) is 10.3. The molecule has 3 aromatic rings. The lowest BCUT2D eigenvalue weighted by atomic mass is 10.0. The number of carbonyl (C=O) groups is 1. The van der Waals surface area contributed by atoms with E-state index in [9.17, 15) is 4.79 Å². The number of aromatic nitrogens is 3. The molecule has 2 aromatic heterocycles. The van der Waals surface area contributed by atoms with E-state index in [-0.39, 0.29) is 11.9 Å². The van der Waals surface area contributed by atoms with E-state index in [0.717, 1.165) is 43.7 Å². The summed E-state index contributed by atoms with van der Waals surface area (Å²) in [6.45, 7) is 2.97. The first kappa shape index (κ1) is 17.5. The van der Waals surface area contributed by atoms with Crippen LogP contribution in [0.25, 0.3) is 11.3 Å². The summed E-state index contributed by atoms with van der Waals surface area (Å²) in [5.74, 6) is -0.0776. The summed E-state index contributed by atoms with van der Waals surface area (Å²) in [6, 6.07) is 14.5. The van der Waals surface area contributed by atoms with Gasteiger partial charge in [0.2, 0.25) is 0 Å². The fraction of sp³-hybridized carbons (Fsp3) is 0.333. The third-order valence-electron chi connectivity index (χ3n) is 5.12. The van der Waals surface area contributed by atoms with Gasteiger partial charge in [0.15, 0.2) is 0 Å². The average molecular weight is 363 g/mol. The van der Waals surface area contributed by atoms with Gasteiger partial charge < -0.3 is 9.88 Å². The van der Waals surface area contributed by atoms with Crippen LogP contribution in [0, 0.1) is 0 Å². The van der Waals surface area contributed by atoms with Gasteiger partial charge in [-0.25, -0.2) is 0 Å². The molecular weight excluding hydrogens is 338 g/mol. The third-order valence-corrected chi connectivity index (χ3v) is 5.12. The highest BCUT2D eigenvalue weighted by Gasteiger charge is 2.22. The van der Waals surface area contributed by atoms with Crippen molar-refractivity contribution in [1.29, 1.82) is 0 Å². The summed E-state index contributed by atoms with van der Waals surface area (Å²) in [5.41, 5.74) is 3.65. The lowest BCUT2D eigenvalue weighted by Gasteiger charge is -2.32. The Kier molecular flexibility index (Phi) is 5.07. The molecule has 6 heteroatoms. The van der Waals surface area contributed by atoms with E-state index in [1.807, 2.05) is 42.2 Å². The van der Waals surface area contributed by atoms with Crippen LogP contribution in [-0.4, -0.2) is 44.7 Å². The average Bonchev–Trinajstić information content (AvgIpc) is 3.33. The topological polar surface area (TPSA) is 66.0 Å². The van der Waals surface area contributed by atoms with Crippen LogP contribution in [0.1, 0.15) is 28.9 Å². The molecule has 0 bridgehead atoms. The Balaban J connectivity index is 1.29. The number of hydrogen-bond acceptors (Lipinski definition) is 3. The molecule has 0 aliphatic carbocycles. The van der Waals surface area contributed by atoms with E-state index in [1.54, 1.807) is 0 Å². The number of hydrogen-bond donors (Lipinski definition) is 2. The van der Waals surface area contributed by atoms with Gasteiger partial charge in [-0.05, 0) is 30.5 Å². The van der Waals surface area contributed by atoms with E-state index in [4.69, 9.17) is 0 Å². The number of nitrogens with one attached hydrogen (secondary N) is 2. The fourth-order valence-electron chi connectivity index (χ4n) is 3.58. The molecule has 1 amide bonds. The maximum absolute atomic E-state index is 12.5. The first-order chi connectivity index (χ1) is 13.2. The number of amides is 1. The lowest BCUT2D eigenvalue weighted by molar-refractivity contribution is 0.0904. The number of rotatable bonds is 5. The predicted molar refractivity (Wildman–Crippen MR) is 105 cm³/mol.